The van der Waals surface area contributed by atoms with Crippen LogP contribution >= 0.6 is 0 Å². The Morgan fingerprint density at radius 3 is 2.42 bits per heavy atom. The van der Waals surface area contributed by atoms with Gasteiger partial charge in [0.15, 0.2) is 0 Å². The maximum Gasteiger partial charge on any atom is 0.259 e. The lowest BCUT2D eigenvalue weighted by molar-refractivity contribution is 0.102. The van der Waals surface area contributed by atoms with Gasteiger partial charge < -0.3 is 10.4 Å². The minimum absolute atomic E-state index is 0.137. The Morgan fingerprint density at radius 1 is 1.08 bits per heavy atom. The fourth-order valence-electron chi connectivity index (χ4n) is 2.72. The second-order valence-corrected chi connectivity index (χ2v) is 7.81. The van der Waals surface area contributed by atoms with Crippen LogP contribution in [0.5, 0.6) is 5.75 Å². The van der Waals surface area contributed by atoms with Gasteiger partial charge in [0.05, 0.1) is 16.1 Å². The number of sulfonamides is 1. The average molecular weight is 382 g/mol. The Labute approximate surface area is 149 Å². The van der Waals surface area contributed by atoms with E-state index in [-0.39, 0.29) is 16.1 Å². The molecule has 2 aromatic carbocycles. The molecule has 0 radical (unpaired) electrons. The molecule has 6 nitrogen and oxygen atoms in total. The Kier molecular flexibility index (Phi) is 4.92. The maximum atomic E-state index is 13.7. The van der Waals surface area contributed by atoms with Gasteiger partial charge in [0.1, 0.15) is 17.4 Å². The third-order valence-electron chi connectivity index (χ3n) is 4.09. The lowest BCUT2D eigenvalue weighted by Gasteiger charge is -2.16. The van der Waals surface area contributed by atoms with Crippen molar-refractivity contribution in [3.63, 3.8) is 0 Å². The van der Waals surface area contributed by atoms with Gasteiger partial charge in [-0.1, -0.05) is 0 Å². The van der Waals surface area contributed by atoms with Crippen molar-refractivity contribution < 1.29 is 27.1 Å². The van der Waals surface area contributed by atoms with E-state index in [4.69, 9.17) is 0 Å². The molecule has 0 bridgehead atoms. The predicted octanol–water partition coefficient (Wildman–Crippen LogP) is 2.71. The summed E-state index contributed by atoms with van der Waals surface area (Å²) < 4.78 is 53.1. The second-order valence-electron chi connectivity index (χ2n) is 5.87. The predicted molar refractivity (Wildman–Crippen MR) is 90.4 cm³/mol. The number of halogens is 2. The molecule has 138 valence electrons. The van der Waals surface area contributed by atoms with E-state index < -0.39 is 33.3 Å². The zero-order valence-corrected chi connectivity index (χ0v) is 14.4. The van der Waals surface area contributed by atoms with Crippen molar-refractivity contribution in [1.29, 1.82) is 0 Å². The Balaban J connectivity index is 1.91. The molecule has 1 aliphatic rings. The van der Waals surface area contributed by atoms with Gasteiger partial charge in [-0.15, -0.1) is 0 Å². The lowest BCUT2D eigenvalue weighted by atomic mass is 10.2. The number of nitrogens with zero attached hydrogens (tertiary/aromatic N) is 1. The average Bonchev–Trinajstić information content (AvgIpc) is 3.13. The first-order chi connectivity index (χ1) is 12.3. The van der Waals surface area contributed by atoms with Crippen molar-refractivity contribution in [2.24, 2.45) is 0 Å². The minimum Gasteiger partial charge on any atom is -0.507 e. The zero-order chi connectivity index (χ0) is 18.9. The van der Waals surface area contributed by atoms with Crippen LogP contribution < -0.4 is 5.32 Å². The van der Waals surface area contributed by atoms with E-state index >= 15 is 0 Å². The first kappa shape index (κ1) is 18.3. The summed E-state index contributed by atoms with van der Waals surface area (Å²) in [6, 6.07) is 5.94. The molecule has 0 atom stereocenters. The molecule has 1 heterocycles. The number of nitrogens with one attached hydrogen (secondary N) is 1. The third kappa shape index (κ3) is 3.54. The quantitative estimate of drug-likeness (QED) is 0.851. The number of carbonyl (C=O) groups is 1. The van der Waals surface area contributed by atoms with Crippen molar-refractivity contribution in [2.75, 3.05) is 18.4 Å². The molecule has 2 aromatic rings. The van der Waals surface area contributed by atoms with Crippen LogP contribution in [0.2, 0.25) is 0 Å². The summed E-state index contributed by atoms with van der Waals surface area (Å²) in [4.78, 5) is 12.2. The maximum absolute atomic E-state index is 13.7. The molecule has 3 rings (SSSR count). The van der Waals surface area contributed by atoms with Gasteiger partial charge in [-0.3, -0.25) is 4.79 Å². The Bertz CT molecular complexity index is 957. The molecule has 0 saturated carbocycles. The number of carbonyl (C=O) groups excluding carboxylic acids is 1. The van der Waals surface area contributed by atoms with Gasteiger partial charge in [-0.05, 0) is 43.2 Å². The van der Waals surface area contributed by atoms with Gasteiger partial charge in [0, 0.05) is 19.2 Å². The summed E-state index contributed by atoms with van der Waals surface area (Å²) in [6.07, 6.45) is 1.52. The molecule has 2 N–H and O–H groups in total. The highest BCUT2D eigenvalue weighted by Crippen LogP contribution is 2.27. The van der Waals surface area contributed by atoms with Crippen LogP contribution in [0.3, 0.4) is 0 Å². The fourth-order valence-corrected chi connectivity index (χ4v) is 4.26. The minimum atomic E-state index is -3.78. The molecule has 26 heavy (non-hydrogen) atoms. The third-order valence-corrected chi connectivity index (χ3v) is 5.99. The lowest BCUT2D eigenvalue weighted by Crippen LogP contribution is -2.28. The zero-order valence-electron chi connectivity index (χ0n) is 13.6. The molecule has 1 fully saturated rings. The molecule has 0 aromatic heterocycles. The molecule has 0 unspecified atom stereocenters. The molecule has 0 aliphatic carbocycles. The van der Waals surface area contributed by atoms with E-state index in [1.165, 1.54) is 10.4 Å². The van der Waals surface area contributed by atoms with Crippen LogP contribution in [0.15, 0.2) is 41.3 Å². The van der Waals surface area contributed by atoms with E-state index in [0.717, 1.165) is 37.1 Å². The summed E-state index contributed by atoms with van der Waals surface area (Å²) in [5.41, 5.74) is -0.613. The van der Waals surface area contributed by atoms with Gasteiger partial charge in [0.2, 0.25) is 10.0 Å². The standard InChI is InChI=1S/C17H16F2N2O4S/c18-11-3-5-15(14(19)9-11)20-17(23)13-10-12(4-6-16(13)22)26(24,25)21-7-1-2-8-21/h3-6,9-10,22H,1-2,7-8H2,(H,20,23). The number of rotatable bonds is 4. The van der Waals surface area contributed by atoms with E-state index in [9.17, 15) is 27.1 Å². The van der Waals surface area contributed by atoms with Crippen molar-refractivity contribution in [2.45, 2.75) is 17.7 Å². The van der Waals surface area contributed by atoms with E-state index in [1.54, 1.807) is 0 Å². The largest absolute Gasteiger partial charge is 0.507 e. The summed E-state index contributed by atoms with van der Waals surface area (Å²) in [5.74, 6) is -3.15. The normalized spacial score (nSPS) is 15.2. The number of aromatic hydroxyl groups is 1. The molecule has 1 amide bonds. The number of anilines is 1. The summed E-state index contributed by atoms with van der Waals surface area (Å²) in [5, 5.41) is 12.1. The summed E-state index contributed by atoms with van der Waals surface area (Å²) in [6.45, 7) is 0.789. The van der Waals surface area contributed by atoms with Crippen molar-refractivity contribution in [1.82, 2.24) is 4.31 Å². The first-order valence-corrected chi connectivity index (χ1v) is 9.32. The highest BCUT2D eigenvalue weighted by Gasteiger charge is 2.28. The smallest absolute Gasteiger partial charge is 0.259 e. The van der Waals surface area contributed by atoms with E-state index in [2.05, 4.69) is 5.32 Å². The van der Waals surface area contributed by atoms with Crippen LogP contribution in [-0.2, 0) is 10.0 Å². The van der Waals surface area contributed by atoms with Crippen LogP contribution in [0.1, 0.15) is 23.2 Å². The molecule has 0 spiro atoms. The van der Waals surface area contributed by atoms with Crippen molar-refractivity contribution >= 4 is 21.6 Å². The van der Waals surface area contributed by atoms with E-state index in [0.29, 0.717) is 19.2 Å². The van der Waals surface area contributed by atoms with Crippen LogP contribution in [0.25, 0.3) is 0 Å². The van der Waals surface area contributed by atoms with Crippen LogP contribution in [-0.4, -0.2) is 36.8 Å². The van der Waals surface area contributed by atoms with Crippen molar-refractivity contribution in [3.05, 3.63) is 53.6 Å². The number of benzene rings is 2. The van der Waals surface area contributed by atoms with Crippen LogP contribution in [0.4, 0.5) is 14.5 Å². The summed E-state index contributed by atoms with van der Waals surface area (Å²) >= 11 is 0. The number of hydrogen-bond acceptors (Lipinski definition) is 4. The van der Waals surface area contributed by atoms with Gasteiger partial charge in [-0.25, -0.2) is 17.2 Å². The topological polar surface area (TPSA) is 86.7 Å². The molecule has 9 heteroatoms. The molecular weight excluding hydrogens is 366 g/mol. The molecular formula is C17H16F2N2O4S. The van der Waals surface area contributed by atoms with Gasteiger partial charge in [0.25, 0.3) is 5.91 Å². The number of phenols is 1. The highest BCUT2D eigenvalue weighted by atomic mass is 32.2. The highest BCUT2D eigenvalue weighted by molar-refractivity contribution is 7.89. The van der Waals surface area contributed by atoms with Crippen LogP contribution in [0, 0.1) is 11.6 Å². The molecule has 1 aliphatic heterocycles. The fraction of sp³-hybridized carbons (Fsp3) is 0.235. The number of phenolic OH excluding ortho intramolecular Hbond substituents is 1. The SMILES string of the molecule is O=C(Nc1ccc(F)cc1F)c1cc(S(=O)(=O)N2CCCC2)ccc1O. The Hall–Kier alpha value is -2.52. The van der Waals surface area contributed by atoms with Gasteiger partial charge >= 0.3 is 0 Å². The van der Waals surface area contributed by atoms with E-state index in [1.807, 2.05) is 0 Å². The monoisotopic (exact) mass is 382 g/mol. The second kappa shape index (κ2) is 7.00. The van der Waals surface area contributed by atoms with Crippen molar-refractivity contribution in [3.8, 4) is 5.75 Å². The van der Waals surface area contributed by atoms with Gasteiger partial charge in [-0.2, -0.15) is 4.31 Å². The number of amides is 1. The Morgan fingerprint density at radius 2 is 1.77 bits per heavy atom. The first-order valence-electron chi connectivity index (χ1n) is 7.88. The molecule has 1 saturated heterocycles. The summed E-state index contributed by atoms with van der Waals surface area (Å²) in [7, 11) is -3.78. The number of hydrogen-bond donors (Lipinski definition) is 2.